The maximum Gasteiger partial charge on any atom is 0.275 e. The van der Waals surface area contributed by atoms with E-state index in [4.69, 9.17) is 0 Å². The number of likely N-dealkylation sites (N-methyl/N-ethyl adjacent to an activating group) is 1. The highest BCUT2D eigenvalue weighted by Gasteiger charge is 2.16. The van der Waals surface area contributed by atoms with Gasteiger partial charge in [-0.05, 0) is 6.54 Å². The van der Waals surface area contributed by atoms with Crippen molar-refractivity contribution in [1.82, 2.24) is 5.32 Å². The minimum atomic E-state index is -0.965. The van der Waals surface area contributed by atoms with E-state index in [-0.39, 0.29) is 5.69 Å². The second kappa shape index (κ2) is 6.09. The summed E-state index contributed by atoms with van der Waals surface area (Å²) in [5.74, 6) is -1.93. The van der Waals surface area contributed by atoms with Gasteiger partial charge in [0.2, 0.25) is 0 Å². The number of nitrogens with one attached hydrogen (secondary N) is 2. The largest absolute Gasteiger partial charge is 0.379 e. The zero-order valence-electron chi connectivity index (χ0n) is 9.30. The van der Waals surface area contributed by atoms with Crippen molar-refractivity contribution < 1.29 is 13.7 Å². The fourth-order valence-electron chi connectivity index (χ4n) is 1.29. The SMILES string of the molecule is CCNCCNc1c(F)cc([N+](=O)[O-])cc1F. The van der Waals surface area contributed by atoms with E-state index >= 15 is 0 Å². The Balaban J connectivity index is 2.76. The number of benzene rings is 1. The lowest BCUT2D eigenvalue weighted by atomic mass is 10.2. The van der Waals surface area contributed by atoms with E-state index in [1.165, 1.54) is 0 Å². The zero-order valence-corrected chi connectivity index (χ0v) is 9.30. The quantitative estimate of drug-likeness (QED) is 0.456. The average molecular weight is 245 g/mol. The number of nitrogens with zero attached hydrogens (tertiary/aromatic N) is 1. The van der Waals surface area contributed by atoms with E-state index in [1.807, 2.05) is 6.92 Å². The Morgan fingerprint density at radius 2 is 1.88 bits per heavy atom. The number of anilines is 1. The van der Waals surface area contributed by atoms with Crippen LogP contribution < -0.4 is 10.6 Å². The first-order valence-corrected chi connectivity index (χ1v) is 5.14. The molecule has 17 heavy (non-hydrogen) atoms. The molecule has 1 aromatic carbocycles. The Morgan fingerprint density at radius 3 is 2.35 bits per heavy atom. The number of halogens is 2. The van der Waals surface area contributed by atoms with Crippen LogP contribution in [0.5, 0.6) is 0 Å². The van der Waals surface area contributed by atoms with Gasteiger partial charge in [0.25, 0.3) is 5.69 Å². The van der Waals surface area contributed by atoms with Crippen molar-refractivity contribution >= 4 is 11.4 Å². The monoisotopic (exact) mass is 245 g/mol. The van der Waals surface area contributed by atoms with Crippen LogP contribution in [0.1, 0.15) is 6.92 Å². The molecule has 0 amide bonds. The van der Waals surface area contributed by atoms with E-state index in [1.54, 1.807) is 0 Å². The van der Waals surface area contributed by atoms with Gasteiger partial charge in [-0.15, -0.1) is 0 Å². The van der Waals surface area contributed by atoms with E-state index in [2.05, 4.69) is 10.6 Å². The van der Waals surface area contributed by atoms with Gasteiger partial charge in [-0.25, -0.2) is 8.78 Å². The number of nitro benzene ring substituents is 1. The first-order chi connectivity index (χ1) is 8.06. The first-order valence-electron chi connectivity index (χ1n) is 5.14. The Bertz CT molecular complexity index is 390. The first kappa shape index (κ1) is 13.3. The van der Waals surface area contributed by atoms with Crippen molar-refractivity contribution in [2.45, 2.75) is 6.92 Å². The molecule has 7 heteroatoms. The predicted molar refractivity (Wildman–Crippen MR) is 60.0 cm³/mol. The lowest BCUT2D eigenvalue weighted by molar-refractivity contribution is -0.385. The summed E-state index contributed by atoms with van der Waals surface area (Å²) in [6.07, 6.45) is 0. The molecule has 0 aliphatic carbocycles. The summed E-state index contributed by atoms with van der Waals surface area (Å²) >= 11 is 0. The van der Waals surface area contributed by atoms with Crippen LogP contribution in [0.2, 0.25) is 0 Å². The fourth-order valence-corrected chi connectivity index (χ4v) is 1.29. The highest BCUT2D eigenvalue weighted by molar-refractivity contribution is 5.51. The third-order valence-electron chi connectivity index (χ3n) is 2.09. The molecule has 0 bridgehead atoms. The molecule has 0 aliphatic heterocycles. The minimum absolute atomic E-state index is 0.333. The van der Waals surface area contributed by atoms with Crippen molar-refractivity contribution in [1.29, 1.82) is 0 Å². The van der Waals surface area contributed by atoms with Crippen LogP contribution in [0.4, 0.5) is 20.2 Å². The van der Waals surface area contributed by atoms with Crippen LogP contribution in [-0.4, -0.2) is 24.6 Å². The predicted octanol–water partition coefficient (Wildman–Crippen LogP) is 1.89. The Kier molecular flexibility index (Phi) is 4.77. The second-order valence-electron chi connectivity index (χ2n) is 3.32. The molecule has 0 heterocycles. The van der Waals surface area contributed by atoms with Crippen LogP contribution in [-0.2, 0) is 0 Å². The van der Waals surface area contributed by atoms with E-state index < -0.39 is 22.2 Å². The van der Waals surface area contributed by atoms with Crippen molar-refractivity contribution in [3.8, 4) is 0 Å². The van der Waals surface area contributed by atoms with Gasteiger partial charge in [-0.2, -0.15) is 0 Å². The summed E-state index contributed by atoms with van der Waals surface area (Å²) < 4.78 is 26.7. The molecule has 0 fully saturated rings. The highest BCUT2D eigenvalue weighted by Crippen LogP contribution is 2.24. The van der Waals surface area contributed by atoms with Gasteiger partial charge in [-0.3, -0.25) is 10.1 Å². The van der Waals surface area contributed by atoms with Gasteiger partial charge in [0.15, 0.2) is 11.6 Å². The van der Waals surface area contributed by atoms with E-state index in [0.29, 0.717) is 25.2 Å². The molecule has 0 saturated heterocycles. The summed E-state index contributed by atoms with van der Waals surface area (Å²) in [5.41, 5.74) is -0.939. The van der Waals surface area contributed by atoms with Gasteiger partial charge in [0.1, 0.15) is 5.69 Å². The minimum Gasteiger partial charge on any atom is -0.379 e. The lowest BCUT2D eigenvalue weighted by Crippen LogP contribution is -2.22. The average Bonchev–Trinajstić information content (AvgIpc) is 2.26. The Labute approximate surface area is 97.0 Å². The summed E-state index contributed by atoms with van der Waals surface area (Å²) in [7, 11) is 0. The molecule has 0 spiro atoms. The maximum atomic E-state index is 13.4. The summed E-state index contributed by atoms with van der Waals surface area (Å²) in [6.45, 7) is 3.55. The summed E-state index contributed by atoms with van der Waals surface area (Å²) in [6, 6.07) is 1.39. The second-order valence-corrected chi connectivity index (χ2v) is 3.32. The summed E-state index contributed by atoms with van der Waals surface area (Å²) in [4.78, 5) is 9.52. The van der Waals surface area contributed by atoms with Gasteiger partial charge in [0, 0.05) is 13.1 Å². The summed E-state index contributed by atoms with van der Waals surface area (Å²) in [5, 5.41) is 15.9. The van der Waals surface area contributed by atoms with Crippen LogP contribution >= 0.6 is 0 Å². The number of nitro groups is 1. The molecule has 94 valence electrons. The number of hydrogen-bond acceptors (Lipinski definition) is 4. The molecular formula is C10H13F2N3O2. The number of non-ortho nitro benzene ring substituents is 1. The normalized spacial score (nSPS) is 10.3. The lowest BCUT2D eigenvalue weighted by Gasteiger charge is -2.08. The third-order valence-corrected chi connectivity index (χ3v) is 2.09. The molecule has 0 unspecified atom stereocenters. The number of hydrogen-bond donors (Lipinski definition) is 2. The molecule has 1 aromatic rings. The molecule has 0 aromatic heterocycles. The van der Waals surface area contributed by atoms with Crippen LogP contribution in [0.25, 0.3) is 0 Å². The molecule has 0 atom stereocenters. The number of rotatable bonds is 6. The molecule has 0 saturated carbocycles. The van der Waals surface area contributed by atoms with Crippen LogP contribution in [0.15, 0.2) is 12.1 Å². The Morgan fingerprint density at radius 1 is 1.29 bits per heavy atom. The van der Waals surface area contributed by atoms with Gasteiger partial charge in [-0.1, -0.05) is 6.92 Å². The Hall–Kier alpha value is -1.76. The molecule has 0 aliphatic rings. The molecule has 5 nitrogen and oxygen atoms in total. The van der Waals surface area contributed by atoms with Crippen molar-refractivity contribution in [3.63, 3.8) is 0 Å². The highest BCUT2D eigenvalue weighted by atomic mass is 19.1. The smallest absolute Gasteiger partial charge is 0.275 e. The molecule has 1 rings (SSSR count). The van der Waals surface area contributed by atoms with E-state index in [0.717, 1.165) is 6.54 Å². The molecular weight excluding hydrogens is 232 g/mol. The van der Waals surface area contributed by atoms with Gasteiger partial charge >= 0.3 is 0 Å². The van der Waals surface area contributed by atoms with E-state index in [9.17, 15) is 18.9 Å². The van der Waals surface area contributed by atoms with Crippen LogP contribution in [0.3, 0.4) is 0 Å². The third kappa shape index (κ3) is 3.63. The van der Waals surface area contributed by atoms with Gasteiger partial charge in [0.05, 0.1) is 17.1 Å². The zero-order chi connectivity index (χ0) is 12.8. The topological polar surface area (TPSA) is 67.2 Å². The van der Waals surface area contributed by atoms with Crippen molar-refractivity contribution in [2.75, 3.05) is 25.0 Å². The molecule has 0 radical (unpaired) electrons. The molecule has 2 N–H and O–H groups in total. The van der Waals surface area contributed by atoms with Crippen LogP contribution in [0, 0.1) is 21.7 Å². The van der Waals surface area contributed by atoms with Crippen molar-refractivity contribution in [2.24, 2.45) is 0 Å². The van der Waals surface area contributed by atoms with Gasteiger partial charge < -0.3 is 10.6 Å². The van der Waals surface area contributed by atoms with Crippen molar-refractivity contribution in [3.05, 3.63) is 33.9 Å². The maximum absolute atomic E-state index is 13.4. The standard InChI is InChI=1S/C10H13F2N3O2/c1-2-13-3-4-14-10-8(11)5-7(15(16)17)6-9(10)12/h5-6,13-14H,2-4H2,1H3. The fraction of sp³-hybridized carbons (Fsp3) is 0.400.